The Bertz CT molecular complexity index is 740. The van der Waals surface area contributed by atoms with E-state index in [0.29, 0.717) is 18.9 Å². The Labute approximate surface area is 130 Å². The summed E-state index contributed by atoms with van der Waals surface area (Å²) < 4.78 is 11.4. The number of hydrogen-bond donors (Lipinski definition) is 1. The summed E-state index contributed by atoms with van der Waals surface area (Å²) in [6, 6.07) is 9.73. The Hall–Kier alpha value is -1.92. The summed E-state index contributed by atoms with van der Waals surface area (Å²) >= 11 is 3.40. The first-order chi connectivity index (χ1) is 10.3. The van der Waals surface area contributed by atoms with E-state index in [1.165, 1.54) is 0 Å². The molecule has 0 unspecified atom stereocenters. The van der Waals surface area contributed by atoms with Gasteiger partial charge in [0.05, 0.1) is 12.1 Å². The van der Waals surface area contributed by atoms with Crippen LogP contribution >= 0.6 is 15.9 Å². The second-order valence-corrected chi connectivity index (χ2v) is 5.39. The standard InChI is InChI=1S/C15H14BrN3O2/c1-20-6-7-21-12-4-2-10(3-5-12)14-18-13-8-11(16)9-17-15(13)19-14/h2-5,8-9H,6-7H2,1H3,(H,17,18,19). The van der Waals surface area contributed by atoms with Gasteiger partial charge < -0.3 is 14.5 Å². The van der Waals surface area contributed by atoms with E-state index in [2.05, 4.69) is 30.9 Å². The van der Waals surface area contributed by atoms with E-state index >= 15 is 0 Å². The monoisotopic (exact) mass is 347 g/mol. The summed E-state index contributed by atoms with van der Waals surface area (Å²) in [5.74, 6) is 1.60. The molecule has 3 aromatic rings. The number of nitrogens with one attached hydrogen (secondary N) is 1. The molecule has 0 bridgehead atoms. The number of benzene rings is 1. The smallest absolute Gasteiger partial charge is 0.178 e. The van der Waals surface area contributed by atoms with Crippen LogP contribution in [0.2, 0.25) is 0 Å². The van der Waals surface area contributed by atoms with Gasteiger partial charge in [0.25, 0.3) is 0 Å². The number of aromatic nitrogens is 3. The molecule has 0 radical (unpaired) electrons. The van der Waals surface area contributed by atoms with Crippen LogP contribution in [0.25, 0.3) is 22.6 Å². The van der Waals surface area contributed by atoms with E-state index in [9.17, 15) is 0 Å². The molecule has 1 aromatic carbocycles. The van der Waals surface area contributed by atoms with Gasteiger partial charge >= 0.3 is 0 Å². The largest absolute Gasteiger partial charge is 0.491 e. The third-order valence-corrected chi connectivity index (χ3v) is 3.42. The van der Waals surface area contributed by atoms with E-state index in [4.69, 9.17) is 9.47 Å². The molecule has 0 atom stereocenters. The predicted molar refractivity (Wildman–Crippen MR) is 84.4 cm³/mol. The second kappa shape index (κ2) is 6.24. The lowest BCUT2D eigenvalue weighted by atomic mass is 10.2. The molecule has 0 saturated carbocycles. The van der Waals surface area contributed by atoms with E-state index in [-0.39, 0.29) is 0 Å². The highest BCUT2D eigenvalue weighted by Crippen LogP contribution is 2.23. The Morgan fingerprint density at radius 1 is 1.19 bits per heavy atom. The molecule has 0 aliphatic heterocycles. The summed E-state index contributed by atoms with van der Waals surface area (Å²) in [5, 5.41) is 0. The predicted octanol–water partition coefficient (Wildman–Crippen LogP) is 3.41. The van der Waals surface area contributed by atoms with E-state index in [0.717, 1.165) is 27.1 Å². The molecule has 6 heteroatoms. The number of fused-ring (bicyclic) bond motifs is 1. The van der Waals surface area contributed by atoms with Crippen molar-refractivity contribution in [2.45, 2.75) is 0 Å². The molecule has 0 amide bonds. The molecule has 0 fully saturated rings. The zero-order valence-corrected chi connectivity index (χ0v) is 13.1. The van der Waals surface area contributed by atoms with Crippen molar-refractivity contribution >= 4 is 27.1 Å². The number of ether oxygens (including phenoxy) is 2. The molecule has 0 saturated heterocycles. The summed E-state index contributed by atoms with van der Waals surface area (Å²) in [4.78, 5) is 12.0. The van der Waals surface area contributed by atoms with Gasteiger partial charge in [0, 0.05) is 23.3 Å². The van der Waals surface area contributed by atoms with Gasteiger partial charge in [-0.25, -0.2) is 9.97 Å². The molecular weight excluding hydrogens is 334 g/mol. The third-order valence-electron chi connectivity index (χ3n) is 2.99. The summed E-state index contributed by atoms with van der Waals surface area (Å²) in [6.45, 7) is 1.12. The minimum Gasteiger partial charge on any atom is -0.491 e. The zero-order valence-electron chi connectivity index (χ0n) is 11.5. The van der Waals surface area contributed by atoms with Crippen LogP contribution in [-0.2, 0) is 4.74 Å². The molecule has 1 N–H and O–H groups in total. The number of nitrogens with zero attached hydrogens (tertiary/aromatic N) is 2. The maximum absolute atomic E-state index is 5.54. The Morgan fingerprint density at radius 3 is 2.76 bits per heavy atom. The maximum Gasteiger partial charge on any atom is 0.178 e. The van der Waals surface area contributed by atoms with Crippen LogP contribution in [0.1, 0.15) is 0 Å². The highest BCUT2D eigenvalue weighted by atomic mass is 79.9. The molecule has 3 rings (SSSR count). The molecule has 2 aromatic heterocycles. The fourth-order valence-electron chi connectivity index (χ4n) is 1.96. The second-order valence-electron chi connectivity index (χ2n) is 4.48. The van der Waals surface area contributed by atoms with Crippen LogP contribution in [-0.4, -0.2) is 35.3 Å². The summed E-state index contributed by atoms with van der Waals surface area (Å²) in [7, 11) is 1.65. The van der Waals surface area contributed by atoms with Crippen molar-refractivity contribution in [2.75, 3.05) is 20.3 Å². The first kappa shape index (κ1) is 14.0. The normalized spacial score (nSPS) is 11.0. The average Bonchev–Trinajstić information content (AvgIpc) is 2.91. The summed E-state index contributed by atoms with van der Waals surface area (Å²) in [5.41, 5.74) is 2.59. The van der Waals surface area contributed by atoms with Crippen molar-refractivity contribution in [3.05, 3.63) is 41.0 Å². The minimum atomic E-state index is 0.540. The van der Waals surface area contributed by atoms with Crippen LogP contribution < -0.4 is 4.74 Å². The molecule has 21 heavy (non-hydrogen) atoms. The molecular formula is C15H14BrN3O2. The van der Waals surface area contributed by atoms with E-state index in [1.807, 2.05) is 30.3 Å². The zero-order chi connectivity index (χ0) is 14.7. The van der Waals surface area contributed by atoms with E-state index in [1.54, 1.807) is 13.3 Å². The van der Waals surface area contributed by atoms with Crippen molar-refractivity contribution in [1.29, 1.82) is 0 Å². The third kappa shape index (κ3) is 3.22. The van der Waals surface area contributed by atoms with Gasteiger partial charge in [0.15, 0.2) is 5.65 Å². The first-order valence-corrected chi connectivity index (χ1v) is 7.29. The van der Waals surface area contributed by atoms with Crippen molar-refractivity contribution in [3.63, 3.8) is 0 Å². The SMILES string of the molecule is COCCOc1ccc(-c2nc3ncc(Br)cc3[nH]2)cc1. The van der Waals surface area contributed by atoms with Gasteiger partial charge in [-0.15, -0.1) is 0 Å². The van der Waals surface area contributed by atoms with Gasteiger partial charge in [0.2, 0.25) is 0 Å². The maximum atomic E-state index is 5.54. The van der Waals surface area contributed by atoms with Crippen LogP contribution in [0.5, 0.6) is 5.75 Å². The lowest BCUT2D eigenvalue weighted by Crippen LogP contribution is -2.03. The van der Waals surface area contributed by atoms with Crippen molar-refractivity contribution in [2.24, 2.45) is 0 Å². The van der Waals surface area contributed by atoms with Gasteiger partial charge in [-0.1, -0.05) is 0 Å². The molecule has 108 valence electrons. The van der Waals surface area contributed by atoms with Crippen LogP contribution in [0, 0.1) is 0 Å². The van der Waals surface area contributed by atoms with Crippen molar-refractivity contribution in [3.8, 4) is 17.1 Å². The molecule has 0 aliphatic carbocycles. The van der Waals surface area contributed by atoms with Gasteiger partial charge in [-0.2, -0.15) is 0 Å². The Morgan fingerprint density at radius 2 is 2.00 bits per heavy atom. The quantitative estimate of drug-likeness (QED) is 0.718. The van der Waals surface area contributed by atoms with Crippen LogP contribution in [0.4, 0.5) is 0 Å². The molecule has 0 aliphatic rings. The number of pyridine rings is 1. The molecule has 2 heterocycles. The lowest BCUT2D eigenvalue weighted by Gasteiger charge is -2.05. The first-order valence-electron chi connectivity index (χ1n) is 6.50. The van der Waals surface area contributed by atoms with Crippen LogP contribution in [0.15, 0.2) is 41.0 Å². The Kier molecular flexibility index (Phi) is 4.17. The highest BCUT2D eigenvalue weighted by Gasteiger charge is 2.06. The average molecular weight is 348 g/mol. The van der Waals surface area contributed by atoms with E-state index < -0.39 is 0 Å². The molecule has 5 nitrogen and oxygen atoms in total. The number of rotatable bonds is 5. The number of H-pyrrole nitrogens is 1. The minimum absolute atomic E-state index is 0.540. The topological polar surface area (TPSA) is 60.0 Å². The Balaban J connectivity index is 1.81. The number of halogens is 1. The number of methoxy groups -OCH3 is 1. The number of imidazole rings is 1. The van der Waals surface area contributed by atoms with Gasteiger partial charge in [0.1, 0.15) is 18.2 Å². The lowest BCUT2D eigenvalue weighted by molar-refractivity contribution is 0.146. The van der Waals surface area contributed by atoms with Crippen molar-refractivity contribution < 1.29 is 9.47 Å². The van der Waals surface area contributed by atoms with Crippen LogP contribution in [0.3, 0.4) is 0 Å². The number of aromatic amines is 1. The number of hydrogen-bond acceptors (Lipinski definition) is 4. The summed E-state index contributed by atoms with van der Waals surface area (Å²) in [6.07, 6.45) is 1.74. The van der Waals surface area contributed by atoms with Crippen molar-refractivity contribution in [1.82, 2.24) is 15.0 Å². The molecule has 0 spiro atoms. The fourth-order valence-corrected chi connectivity index (χ4v) is 2.29. The highest BCUT2D eigenvalue weighted by molar-refractivity contribution is 9.10. The van der Waals surface area contributed by atoms with Gasteiger partial charge in [-0.05, 0) is 46.3 Å². The fraction of sp³-hybridized carbons (Fsp3) is 0.200. The van der Waals surface area contributed by atoms with Gasteiger partial charge in [-0.3, -0.25) is 0 Å².